The first kappa shape index (κ1) is 19.6. The van der Waals surface area contributed by atoms with E-state index in [9.17, 15) is 24.1 Å². The van der Waals surface area contributed by atoms with Gasteiger partial charge in [0.05, 0.1) is 22.0 Å². The molecule has 3 aromatic carbocycles. The molecular weight excluding hydrogens is 415 g/mol. The summed E-state index contributed by atoms with van der Waals surface area (Å²) in [6, 6.07) is 19.1. The van der Waals surface area contributed by atoms with E-state index >= 15 is 0 Å². The summed E-state index contributed by atoms with van der Waals surface area (Å²) in [5.41, 5.74) is 1.14. The quantitative estimate of drug-likeness (QED) is 0.359. The molecule has 1 saturated heterocycles. The Kier molecular flexibility index (Phi) is 4.51. The van der Waals surface area contributed by atoms with Crippen molar-refractivity contribution < 1.29 is 18.9 Å². The van der Waals surface area contributed by atoms with Crippen LogP contribution in [-0.4, -0.2) is 28.5 Å². The zero-order valence-corrected chi connectivity index (χ0v) is 16.5. The number of hydrogen-bond acceptors (Lipinski definition) is 6. The molecule has 158 valence electrons. The predicted molar refractivity (Wildman–Crippen MR) is 115 cm³/mol. The van der Waals surface area contributed by atoms with Gasteiger partial charge in [-0.1, -0.05) is 30.3 Å². The number of carbonyl (C=O) groups excluding carboxylic acids is 2. The Bertz CT molecular complexity index is 1280. The lowest BCUT2D eigenvalue weighted by molar-refractivity contribution is -0.384. The monoisotopic (exact) mass is 430 g/mol. The lowest BCUT2D eigenvalue weighted by atomic mass is 9.92. The molecule has 32 heavy (non-hydrogen) atoms. The predicted octanol–water partition coefficient (Wildman–Crippen LogP) is 3.52. The zero-order chi connectivity index (χ0) is 22.4. The van der Waals surface area contributed by atoms with Crippen LogP contribution in [0.2, 0.25) is 0 Å². The molecule has 0 N–H and O–H groups in total. The van der Waals surface area contributed by atoms with Gasteiger partial charge in [0.2, 0.25) is 5.91 Å². The van der Waals surface area contributed by atoms with Crippen molar-refractivity contribution in [2.45, 2.75) is 6.04 Å². The van der Waals surface area contributed by atoms with Gasteiger partial charge in [-0.05, 0) is 42.0 Å². The summed E-state index contributed by atoms with van der Waals surface area (Å²) in [6.45, 7) is 0. The number of benzene rings is 3. The highest BCUT2D eigenvalue weighted by Gasteiger charge is 2.57. The van der Waals surface area contributed by atoms with Crippen molar-refractivity contribution in [3.05, 3.63) is 100 Å². The van der Waals surface area contributed by atoms with Gasteiger partial charge in [0.25, 0.3) is 11.6 Å². The normalized spacial score (nSPS) is 19.8. The summed E-state index contributed by atoms with van der Waals surface area (Å²) in [4.78, 5) is 38.1. The first-order valence-corrected chi connectivity index (χ1v) is 9.77. The maximum atomic E-state index is 14.5. The standard InChI is InChI=1S/C23H15FN4O4/c24-17-8-4-5-9-18(17)26-22(29)19-20(14-10-12-16(13-11-14)28(31)32)25-27(21(19)23(26)30)15-6-2-1-3-7-15/h1-13,19,21H/t19-,21+/m0/s1. The third-order valence-electron chi connectivity index (χ3n) is 5.54. The minimum atomic E-state index is -0.991. The highest BCUT2D eigenvalue weighted by atomic mass is 19.1. The molecule has 3 aromatic rings. The van der Waals surface area contributed by atoms with E-state index in [0.29, 0.717) is 17.0 Å². The first-order valence-electron chi connectivity index (χ1n) is 9.77. The molecule has 9 heteroatoms. The topological polar surface area (TPSA) is 96.1 Å². The van der Waals surface area contributed by atoms with Crippen LogP contribution in [0.1, 0.15) is 5.56 Å². The lowest BCUT2D eigenvalue weighted by Crippen LogP contribution is -2.39. The van der Waals surface area contributed by atoms with Crippen LogP contribution in [0.15, 0.2) is 84.0 Å². The molecule has 0 radical (unpaired) electrons. The molecule has 0 saturated carbocycles. The van der Waals surface area contributed by atoms with E-state index in [1.807, 2.05) is 6.07 Å². The van der Waals surface area contributed by atoms with Crippen LogP contribution in [0.3, 0.4) is 0 Å². The van der Waals surface area contributed by atoms with E-state index in [1.54, 1.807) is 30.3 Å². The second kappa shape index (κ2) is 7.38. The summed E-state index contributed by atoms with van der Waals surface area (Å²) >= 11 is 0. The number of hydrazone groups is 1. The highest BCUT2D eigenvalue weighted by Crippen LogP contribution is 2.39. The fourth-order valence-corrected chi connectivity index (χ4v) is 4.07. The van der Waals surface area contributed by atoms with E-state index in [0.717, 1.165) is 4.90 Å². The average Bonchev–Trinajstić information content (AvgIpc) is 3.32. The van der Waals surface area contributed by atoms with E-state index < -0.39 is 34.5 Å². The van der Waals surface area contributed by atoms with E-state index in [4.69, 9.17) is 0 Å². The molecule has 2 heterocycles. The maximum Gasteiger partial charge on any atom is 0.269 e. The Hall–Kier alpha value is -4.40. The fourth-order valence-electron chi connectivity index (χ4n) is 4.07. The number of nitro groups is 1. The minimum absolute atomic E-state index is 0.106. The van der Waals surface area contributed by atoms with Gasteiger partial charge in [0, 0.05) is 12.1 Å². The van der Waals surface area contributed by atoms with Gasteiger partial charge in [-0.25, -0.2) is 9.29 Å². The number of imide groups is 1. The summed E-state index contributed by atoms with van der Waals surface area (Å²) in [5.74, 6) is -2.85. The number of nitro benzene ring substituents is 1. The molecule has 0 aromatic heterocycles. The molecule has 2 amide bonds. The van der Waals surface area contributed by atoms with Crippen molar-refractivity contribution in [2.24, 2.45) is 11.0 Å². The number of para-hydroxylation sites is 2. The number of nitrogens with zero attached hydrogens (tertiary/aromatic N) is 4. The summed E-state index contributed by atoms with van der Waals surface area (Å²) < 4.78 is 14.5. The maximum absolute atomic E-state index is 14.5. The average molecular weight is 430 g/mol. The van der Waals surface area contributed by atoms with E-state index in [1.165, 1.54) is 47.5 Å². The van der Waals surface area contributed by atoms with Crippen LogP contribution < -0.4 is 9.91 Å². The zero-order valence-electron chi connectivity index (χ0n) is 16.5. The molecular formula is C23H15FN4O4. The van der Waals surface area contributed by atoms with Crippen molar-refractivity contribution in [2.75, 3.05) is 9.91 Å². The van der Waals surface area contributed by atoms with Crippen LogP contribution in [0.4, 0.5) is 21.5 Å². The largest absolute Gasteiger partial charge is 0.273 e. The lowest BCUT2D eigenvalue weighted by Gasteiger charge is -2.22. The van der Waals surface area contributed by atoms with Gasteiger partial charge in [0.1, 0.15) is 17.8 Å². The SMILES string of the molecule is O=C1[C@H]2C(c3ccc([N+](=O)[O-])cc3)=NN(c3ccccc3)[C@H]2C(=O)N1c1ccccc1F. The Labute approximate surface area is 181 Å². The number of anilines is 2. The van der Waals surface area contributed by atoms with Crippen LogP contribution in [0.5, 0.6) is 0 Å². The molecule has 5 rings (SSSR count). The summed E-state index contributed by atoms with van der Waals surface area (Å²) in [6.07, 6.45) is 0. The van der Waals surface area contributed by atoms with Crippen LogP contribution in [0, 0.1) is 21.8 Å². The Balaban J connectivity index is 1.63. The number of carbonyl (C=O) groups is 2. The Morgan fingerprint density at radius 3 is 2.19 bits per heavy atom. The molecule has 8 nitrogen and oxygen atoms in total. The first-order chi connectivity index (χ1) is 15.5. The number of fused-ring (bicyclic) bond motifs is 1. The van der Waals surface area contributed by atoms with Gasteiger partial charge >= 0.3 is 0 Å². The van der Waals surface area contributed by atoms with Crippen molar-refractivity contribution >= 4 is 34.6 Å². The molecule has 2 atom stereocenters. The second-order valence-electron chi connectivity index (χ2n) is 7.36. The Morgan fingerprint density at radius 2 is 1.53 bits per heavy atom. The van der Waals surface area contributed by atoms with E-state index in [2.05, 4.69) is 5.10 Å². The van der Waals surface area contributed by atoms with Gasteiger partial charge in [0.15, 0.2) is 0 Å². The molecule has 2 aliphatic heterocycles. The van der Waals surface area contributed by atoms with Crippen molar-refractivity contribution in [1.82, 2.24) is 0 Å². The minimum Gasteiger partial charge on any atom is -0.273 e. The molecule has 0 unspecified atom stereocenters. The van der Waals surface area contributed by atoms with Crippen LogP contribution >= 0.6 is 0 Å². The number of amides is 2. The van der Waals surface area contributed by atoms with Gasteiger partial charge < -0.3 is 0 Å². The second-order valence-corrected chi connectivity index (χ2v) is 7.36. The van der Waals surface area contributed by atoms with Gasteiger partial charge in [-0.2, -0.15) is 5.10 Å². The number of non-ortho nitro benzene ring substituents is 1. The smallest absolute Gasteiger partial charge is 0.269 e. The summed E-state index contributed by atoms with van der Waals surface area (Å²) in [5, 5.41) is 17.0. The highest BCUT2D eigenvalue weighted by molar-refractivity contribution is 6.34. The number of rotatable bonds is 4. The van der Waals surface area contributed by atoms with Crippen LogP contribution in [-0.2, 0) is 9.59 Å². The number of halogens is 1. The van der Waals surface area contributed by atoms with Crippen LogP contribution in [0.25, 0.3) is 0 Å². The fraction of sp³-hybridized carbons (Fsp3) is 0.0870. The molecule has 0 spiro atoms. The van der Waals surface area contributed by atoms with Crippen molar-refractivity contribution in [3.63, 3.8) is 0 Å². The number of hydrogen-bond donors (Lipinski definition) is 0. The third kappa shape index (κ3) is 2.94. The molecule has 2 aliphatic rings. The Morgan fingerprint density at radius 1 is 0.875 bits per heavy atom. The third-order valence-corrected chi connectivity index (χ3v) is 5.54. The van der Waals surface area contributed by atoms with Crippen molar-refractivity contribution in [3.8, 4) is 0 Å². The van der Waals surface area contributed by atoms with E-state index in [-0.39, 0.29) is 11.4 Å². The van der Waals surface area contributed by atoms with Gasteiger partial charge in [-0.15, -0.1) is 0 Å². The molecule has 0 aliphatic carbocycles. The summed E-state index contributed by atoms with van der Waals surface area (Å²) in [7, 11) is 0. The molecule has 0 bridgehead atoms. The van der Waals surface area contributed by atoms with Crippen molar-refractivity contribution in [1.29, 1.82) is 0 Å². The molecule has 1 fully saturated rings. The van der Waals surface area contributed by atoms with Gasteiger partial charge in [-0.3, -0.25) is 24.7 Å².